The zero-order valence-electron chi connectivity index (χ0n) is 27.1. The third kappa shape index (κ3) is 9.44. The number of ether oxygens (including phenoxy) is 4. The molecule has 2 atom stereocenters. The van der Waals surface area contributed by atoms with Crippen LogP contribution in [0, 0.1) is 0 Å². The third-order valence-electron chi connectivity index (χ3n) is 8.91. The molecule has 44 heavy (non-hydrogen) atoms. The molecule has 2 aliphatic rings. The number of nitrogens with zero attached hydrogens (tertiary/aromatic N) is 6. The Bertz CT molecular complexity index is 1050. The van der Waals surface area contributed by atoms with E-state index in [0.29, 0.717) is 50.0 Å². The average Bonchev–Trinajstić information content (AvgIpc) is 3.74. The Balaban J connectivity index is 1.33. The largest absolute Gasteiger partial charge is 0.471 e. The third-order valence-corrected chi connectivity index (χ3v) is 8.91. The highest BCUT2D eigenvalue weighted by atomic mass is 16.6. The van der Waals surface area contributed by atoms with Gasteiger partial charge in [0.15, 0.2) is 12.5 Å². The Morgan fingerprint density at radius 3 is 1.39 bits per heavy atom. The zero-order valence-corrected chi connectivity index (χ0v) is 27.1. The number of hydrogen-bond donors (Lipinski definition) is 0. The molecule has 0 N–H and O–H groups in total. The van der Waals surface area contributed by atoms with E-state index in [1.165, 1.54) is 38.5 Å². The summed E-state index contributed by atoms with van der Waals surface area (Å²) in [6.07, 6.45) is 14.2. The van der Waals surface area contributed by atoms with E-state index >= 15 is 0 Å². The molecule has 0 aromatic carbocycles. The van der Waals surface area contributed by atoms with Crippen LogP contribution in [0.4, 0.5) is 0 Å². The van der Waals surface area contributed by atoms with Gasteiger partial charge in [0.2, 0.25) is 11.8 Å². The number of rotatable bonds is 16. The summed E-state index contributed by atoms with van der Waals surface area (Å²) in [5, 5.41) is 9.20. The molecular formula is C32H52N6O6. The van der Waals surface area contributed by atoms with Crippen LogP contribution in [0.25, 0.3) is 0 Å². The van der Waals surface area contributed by atoms with Crippen LogP contribution in [0.15, 0.2) is 24.5 Å². The molecule has 2 aromatic heterocycles. The minimum Gasteiger partial charge on any atom is -0.471 e. The van der Waals surface area contributed by atoms with E-state index < -0.39 is 24.4 Å². The molecule has 0 amide bonds. The van der Waals surface area contributed by atoms with Crippen molar-refractivity contribution >= 4 is 11.9 Å². The molecule has 2 unspecified atom stereocenters. The van der Waals surface area contributed by atoms with Gasteiger partial charge in [-0.3, -0.25) is 19.2 Å². The van der Waals surface area contributed by atoms with Crippen LogP contribution in [0.2, 0.25) is 0 Å². The number of carbonyl (C=O) groups excluding carboxylic acids is 2. The maximum atomic E-state index is 13.0. The van der Waals surface area contributed by atoms with Crippen molar-refractivity contribution in [2.45, 2.75) is 116 Å². The van der Waals surface area contributed by atoms with Gasteiger partial charge < -0.3 is 18.9 Å². The van der Waals surface area contributed by atoms with Crippen molar-refractivity contribution in [3.05, 3.63) is 24.5 Å². The van der Waals surface area contributed by atoms with Crippen molar-refractivity contribution in [2.24, 2.45) is 0 Å². The zero-order chi connectivity index (χ0) is 31.3. The fraction of sp³-hybridized carbons (Fsp3) is 0.750. The quantitative estimate of drug-likeness (QED) is 0.146. The number of likely N-dealkylation sites (N-methyl/N-ethyl adjacent to an activating group) is 2. The molecule has 2 fully saturated rings. The van der Waals surface area contributed by atoms with E-state index in [1.807, 2.05) is 71.4 Å². The summed E-state index contributed by atoms with van der Waals surface area (Å²) in [6.45, 7) is 10.3. The Morgan fingerprint density at radius 2 is 1.05 bits per heavy atom. The van der Waals surface area contributed by atoms with Gasteiger partial charge >= 0.3 is 11.9 Å². The van der Waals surface area contributed by atoms with Gasteiger partial charge in [-0.15, -0.1) is 10.2 Å². The molecule has 0 radical (unpaired) electrons. The Labute approximate surface area is 261 Å². The summed E-state index contributed by atoms with van der Waals surface area (Å²) in [4.78, 5) is 29.9. The summed E-state index contributed by atoms with van der Waals surface area (Å²) in [7, 11) is 0. The van der Waals surface area contributed by atoms with Gasteiger partial charge in [-0.2, -0.15) is 0 Å². The molecule has 0 aliphatic heterocycles. The number of carbonyl (C=O) groups is 2. The van der Waals surface area contributed by atoms with E-state index in [2.05, 4.69) is 10.2 Å². The summed E-state index contributed by atoms with van der Waals surface area (Å²) in [6, 6.07) is 4.44. The lowest BCUT2D eigenvalue weighted by Gasteiger charge is -2.30. The Morgan fingerprint density at radius 1 is 0.682 bits per heavy atom. The molecule has 2 heterocycles. The van der Waals surface area contributed by atoms with Crippen LogP contribution in [-0.2, 0) is 19.1 Å². The molecule has 4 rings (SSSR count). The van der Waals surface area contributed by atoms with Crippen LogP contribution in [0.3, 0.4) is 0 Å². The summed E-state index contributed by atoms with van der Waals surface area (Å²) in [5.74, 6) is -1.21. The van der Waals surface area contributed by atoms with Gasteiger partial charge in [0, 0.05) is 24.5 Å². The second-order valence-electron chi connectivity index (χ2n) is 11.6. The first-order valence-electron chi connectivity index (χ1n) is 16.7. The molecule has 0 saturated heterocycles. The lowest BCUT2D eigenvalue weighted by Crippen LogP contribution is -2.46. The molecule has 0 spiro atoms. The second kappa shape index (κ2) is 17.4. The minimum absolute atomic E-state index is 0.0363. The maximum absolute atomic E-state index is 13.0. The van der Waals surface area contributed by atoms with Crippen LogP contribution in [0.5, 0.6) is 11.8 Å². The lowest BCUT2D eigenvalue weighted by atomic mass is 9.96. The number of aromatic nitrogens is 4. The number of hydrogen-bond acceptors (Lipinski definition) is 10. The summed E-state index contributed by atoms with van der Waals surface area (Å²) >= 11 is 0. The molecular weight excluding hydrogens is 564 g/mol. The first kappa shape index (κ1) is 33.8. The summed E-state index contributed by atoms with van der Waals surface area (Å²) < 4.78 is 27.2. The first-order valence-corrected chi connectivity index (χ1v) is 16.7. The molecule has 2 aromatic rings. The first-order chi connectivity index (χ1) is 21.4. The van der Waals surface area contributed by atoms with Gasteiger partial charge in [0.05, 0.1) is 12.1 Å². The average molecular weight is 617 g/mol. The standard InChI is InChI=1S/C32H52N6O6/c1-5-35(6-2)29(23-41-27-19-21-37(33-27)25-15-11-9-12-16-25)43-31(39)32(40)44-30(36(7-3)8-4)24-42-28-20-22-38(34-28)26-17-13-10-14-18-26/h19-22,25-26,29-30H,5-18,23-24H2,1-4H3. The molecule has 246 valence electrons. The van der Waals surface area contributed by atoms with E-state index in [-0.39, 0.29) is 13.2 Å². The molecule has 2 saturated carbocycles. The highest BCUT2D eigenvalue weighted by Crippen LogP contribution is 2.29. The maximum Gasteiger partial charge on any atom is 0.419 e. The number of esters is 2. The molecule has 12 heteroatoms. The van der Waals surface area contributed by atoms with Gasteiger partial charge in [-0.05, 0) is 51.9 Å². The van der Waals surface area contributed by atoms with Crippen molar-refractivity contribution in [3.8, 4) is 11.8 Å². The van der Waals surface area contributed by atoms with Crippen molar-refractivity contribution in [1.82, 2.24) is 29.4 Å². The van der Waals surface area contributed by atoms with E-state index in [0.717, 1.165) is 25.7 Å². The van der Waals surface area contributed by atoms with Crippen LogP contribution < -0.4 is 9.47 Å². The van der Waals surface area contributed by atoms with Crippen molar-refractivity contribution in [3.63, 3.8) is 0 Å². The van der Waals surface area contributed by atoms with Crippen LogP contribution in [0.1, 0.15) is 104 Å². The second-order valence-corrected chi connectivity index (χ2v) is 11.6. The summed E-state index contributed by atoms with van der Waals surface area (Å²) in [5.41, 5.74) is 0. The molecule has 0 bridgehead atoms. The monoisotopic (exact) mass is 616 g/mol. The topological polar surface area (TPSA) is 113 Å². The predicted molar refractivity (Wildman–Crippen MR) is 165 cm³/mol. The lowest BCUT2D eigenvalue weighted by molar-refractivity contribution is -0.187. The van der Waals surface area contributed by atoms with Gasteiger partial charge in [-0.1, -0.05) is 66.2 Å². The molecule has 12 nitrogen and oxygen atoms in total. The predicted octanol–water partition coefficient (Wildman–Crippen LogP) is 4.97. The highest BCUT2D eigenvalue weighted by Gasteiger charge is 2.31. The highest BCUT2D eigenvalue weighted by molar-refractivity contribution is 6.29. The smallest absolute Gasteiger partial charge is 0.419 e. The fourth-order valence-electron chi connectivity index (χ4n) is 6.24. The Hall–Kier alpha value is -3.12. The van der Waals surface area contributed by atoms with Crippen molar-refractivity contribution in [1.29, 1.82) is 0 Å². The fourth-order valence-corrected chi connectivity index (χ4v) is 6.24. The normalized spacial score (nSPS) is 17.9. The minimum atomic E-state index is -1.07. The van der Waals surface area contributed by atoms with E-state index in [1.54, 1.807) is 0 Å². The van der Waals surface area contributed by atoms with Crippen LogP contribution >= 0.6 is 0 Å². The van der Waals surface area contributed by atoms with Gasteiger partial charge in [0.1, 0.15) is 13.2 Å². The van der Waals surface area contributed by atoms with Crippen molar-refractivity contribution in [2.75, 3.05) is 39.4 Å². The SMILES string of the molecule is CCN(CC)C(COc1ccn(C2CCCCC2)n1)OC(=O)C(=O)OC(COc1ccn(C2CCCCC2)n1)N(CC)CC. The van der Waals surface area contributed by atoms with E-state index in [9.17, 15) is 9.59 Å². The van der Waals surface area contributed by atoms with Gasteiger partial charge in [0.25, 0.3) is 0 Å². The van der Waals surface area contributed by atoms with Crippen LogP contribution in [-0.4, -0.2) is 93.1 Å². The Kier molecular flexibility index (Phi) is 13.3. The molecule has 2 aliphatic carbocycles. The van der Waals surface area contributed by atoms with E-state index in [4.69, 9.17) is 18.9 Å². The van der Waals surface area contributed by atoms with Crippen molar-refractivity contribution < 1.29 is 28.5 Å². The van der Waals surface area contributed by atoms with Gasteiger partial charge in [-0.25, -0.2) is 9.59 Å².